The fourth-order valence-corrected chi connectivity index (χ4v) is 1.75. The van der Waals surface area contributed by atoms with Crippen LogP contribution in [0.15, 0.2) is 72.1 Å². The molecule has 0 aliphatic rings. The van der Waals surface area contributed by atoms with Crippen molar-refractivity contribution in [3.05, 3.63) is 83.3 Å². The molecule has 2 aromatic rings. The van der Waals surface area contributed by atoms with E-state index >= 15 is 0 Å². The van der Waals surface area contributed by atoms with Gasteiger partial charge in [0.1, 0.15) is 0 Å². The van der Waals surface area contributed by atoms with Crippen molar-refractivity contribution >= 4 is 11.7 Å². The van der Waals surface area contributed by atoms with Gasteiger partial charge in [-0.25, -0.2) is 0 Å². The van der Waals surface area contributed by atoms with E-state index < -0.39 is 0 Å². The zero-order valence-corrected chi connectivity index (χ0v) is 12.0. The molecule has 0 N–H and O–H groups in total. The van der Waals surface area contributed by atoms with Crippen molar-refractivity contribution < 1.29 is 4.21 Å². The van der Waals surface area contributed by atoms with Gasteiger partial charge in [-0.3, -0.25) is 0 Å². The van der Waals surface area contributed by atoms with Gasteiger partial charge in [0.15, 0.2) is 0 Å². The number of rotatable bonds is 4. The molecule has 0 aliphatic carbocycles. The number of benzene rings is 2. The third-order valence-corrected chi connectivity index (χ3v) is 2.84. The third-order valence-electron chi connectivity index (χ3n) is 2.53. The molecule has 0 saturated heterocycles. The van der Waals surface area contributed by atoms with E-state index in [1.807, 2.05) is 42.5 Å². The summed E-state index contributed by atoms with van der Waals surface area (Å²) >= 11 is 0.506. The molecule has 0 amide bonds. The molecule has 2 aromatic carbocycles. The van der Waals surface area contributed by atoms with Crippen LogP contribution in [0.4, 0.5) is 0 Å². The van der Waals surface area contributed by atoms with Crippen molar-refractivity contribution in [2.75, 3.05) is 0 Å². The van der Waals surface area contributed by atoms with Crippen LogP contribution in [0.1, 0.15) is 17.5 Å². The summed E-state index contributed by atoms with van der Waals surface area (Å²) in [4.78, 5) is 0. The molecule has 0 heterocycles. The quantitative estimate of drug-likeness (QED) is 0.745. The summed E-state index contributed by atoms with van der Waals surface area (Å²) in [6, 6.07) is 20.5. The van der Waals surface area contributed by atoms with Crippen LogP contribution in [-0.2, 0) is 22.3 Å². The molecular formula is C17H19OS+. The fourth-order valence-electron chi connectivity index (χ4n) is 1.54. The summed E-state index contributed by atoms with van der Waals surface area (Å²) in [6.07, 6.45) is 3.86. The maximum absolute atomic E-state index is 9.97. The number of aryl methyl sites for hydroxylation is 2. The van der Waals surface area contributed by atoms with Crippen LogP contribution in [0.2, 0.25) is 0 Å². The minimum atomic E-state index is 0.506. The van der Waals surface area contributed by atoms with Gasteiger partial charge in [-0.15, -0.1) is 0 Å². The largest absolute Gasteiger partial charge is 0.496 e. The number of hydrogen-bond acceptors (Lipinski definition) is 1. The molecule has 0 unspecified atom stereocenters. The normalized spacial score (nSPS) is 9.74. The Kier molecular flexibility index (Phi) is 8.15. The summed E-state index contributed by atoms with van der Waals surface area (Å²) < 4.78 is 9.97. The fraction of sp³-hybridized carbons (Fsp3) is 0.176. The Hall–Kier alpha value is -1.80. The van der Waals surface area contributed by atoms with E-state index in [0.29, 0.717) is 11.7 Å². The summed E-state index contributed by atoms with van der Waals surface area (Å²) in [5, 5.41) is 1.59. The van der Waals surface area contributed by atoms with Crippen molar-refractivity contribution in [2.45, 2.75) is 19.8 Å². The molecule has 98 valence electrons. The van der Waals surface area contributed by atoms with Crippen LogP contribution in [0.5, 0.6) is 0 Å². The van der Waals surface area contributed by atoms with Gasteiger partial charge in [-0.05, 0) is 31.4 Å². The van der Waals surface area contributed by atoms with Crippen LogP contribution in [-0.4, -0.2) is 0 Å². The average molecular weight is 271 g/mol. The molecule has 0 bridgehead atoms. The van der Waals surface area contributed by atoms with Crippen LogP contribution in [0.3, 0.4) is 0 Å². The first-order chi connectivity index (χ1) is 9.33. The van der Waals surface area contributed by atoms with E-state index in [0.717, 1.165) is 12.8 Å². The Morgan fingerprint density at radius 2 is 1.53 bits per heavy atom. The summed E-state index contributed by atoms with van der Waals surface area (Å²) in [5.41, 5.74) is 2.64. The van der Waals surface area contributed by atoms with Crippen molar-refractivity contribution in [1.29, 1.82) is 0 Å². The lowest BCUT2D eigenvalue weighted by molar-refractivity contribution is 0.608. The van der Waals surface area contributed by atoms with Crippen molar-refractivity contribution in [1.82, 2.24) is 0 Å². The second-order valence-electron chi connectivity index (χ2n) is 4.15. The molecule has 0 aromatic heterocycles. The van der Waals surface area contributed by atoms with E-state index in [4.69, 9.17) is 0 Å². The standard InChI is InChI=1S/C10H11OS.C7H8/c11-12-9-5-4-8-10-6-2-1-3-7-10;1-7-5-3-2-4-6-7/h1-3,5-7,9H,4,8H2;2-6H,1H3/q+1;/b9-5+;. The number of allylic oxidation sites excluding steroid dienone is 1. The Bertz CT molecular complexity index is 477. The lowest BCUT2D eigenvalue weighted by Gasteiger charge is -1.94. The Morgan fingerprint density at radius 1 is 0.947 bits per heavy atom. The molecule has 2 rings (SSSR count). The first kappa shape index (κ1) is 15.3. The smallest absolute Gasteiger partial charge is 0.0622 e. The molecule has 0 aliphatic heterocycles. The van der Waals surface area contributed by atoms with Gasteiger partial charge in [0.05, 0.1) is 0 Å². The van der Waals surface area contributed by atoms with E-state index in [9.17, 15) is 4.21 Å². The maximum atomic E-state index is 9.97. The summed E-state index contributed by atoms with van der Waals surface area (Å²) in [7, 11) is 0. The highest BCUT2D eigenvalue weighted by Gasteiger charge is 1.89. The van der Waals surface area contributed by atoms with Crippen molar-refractivity contribution in [2.24, 2.45) is 0 Å². The molecule has 19 heavy (non-hydrogen) atoms. The third kappa shape index (κ3) is 8.01. The predicted octanol–water partition coefficient (Wildman–Crippen LogP) is 4.56. The van der Waals surface area contributed by atoms with E-state index in [1.54, 1.807) is 5.41 Å². The maximum Gasteiger partial charge on any atom is 0.496 e. The lowest BCUT2D eigenvalue weighted by atomic mass is 10.1. The van der Waals surface area contributed by atoms with Gasteiger partial charge in [0.25, 0.3) is 0 Å². The Balaban J connectivity index is 0.000000218. The van der Waals surface area contributed by atoms with E-state index in [2.05, 4.69) is 31.2 Å². The van der Waals surface area contributed by atoms with Crippen LogP contribution in [0.25, 0.3) is 0 Å². The van der Waals surface area contributed by atoms with Crippen LogP contribution >= 0.6 is 0 Å². The van der Waals surface area contributed by atoms with Gasteiger partial charge in [0.2, 0.25) is 5.41 Å². The minimum Gasteiger partial charge on any atom is -0.0622 e. The monoisotopic (exact) mass is 271 g/mol. The first-order valence-electron chi connectivity index (χ1n) is 6.32. The summed E-state index contributed by atoms with van der Waals surface area (Å²) in [5.74, 6) is 0. The highest BCUT2D eigenvalue weighted by Crippen LogP contribution is 2.02. The predicted molar refractivity (Wildman–Crippen MR) is 83.1 cm³/mol. The highest BCUT2D eigenvalue weighted by molar-refractivity contribution is 7.68. The minimum absolute atomic E-state index is 0.506. The van der Waals surface area contributed by atoms with Gasteiger partial charge in [-0.2, -0.15) is 0 Å². The van der Waals surface area contributed by atoms with Gasteiger partial charge < -0.3 is 0 Å². The Labute approximate surface area is 119 Å². The second kappa shape index (κ2) is 10.2. The lowest BCUT2D eigenvalue weighted by Crippen LogP contribution is -1.80. The zero-order valence-electron chi connectivity index (χ0n) is 11.2. The molecule has 2 heteroatoms. The van der Waals surface area contributed by atoms with Crippen molar-refractivity contribution in [3.8, 4) is 0 Å². The highest BCUT2D eigenvalue weighted by atomic mass is 32.1. The van der Waals surface area contributed by atoms with E-state index in [-0.39, 0.29) is 0 Å². The zero-order chi connectivity index (χ0) is 13.8. The topological polar surface area (TPSA) is 17.1 Å². The van der Waals surface area contributed by atoms with E-state index in [1.165, 1.54) is 11.1 Å². The molecular weight excluding hydrogens is 252 g/mol. The first-order valence-corrected chi connectivity index (χ1v) is 7.12. The van der Waals surface area contributed by atoms with Gasteiger partial charge in [0, 0.05) is 4.21 Å². The van der Waals surface area contributed by atoms with Gasteiger partial charge in [-0.1, -0.05) is 66.2 Å². The molecule has 0 fully saturated rings. The van der Waals surface area contributed by atoms with Crippen LogP contribution < -0.4 is 0 Å². The second-order valence-corrected chi connectivity index (χ2v) is 4.61. The number of hydrogen-bond donors (Lipinski definition) is 0. The average Bonchev–Trinajstić information content (AvgIpc) is 2.46. The Morgan fingerprint density at radius 3 is 2.00 bits per heavy atom. The molecule has 1 nitrogen and oxygen atoms in total. The van der Waals surface area contributed by atoms with Crippen LogP contribution in [0, 0.1) is 6.92 Å². The molecule has 0 spiro atoms. The van der Waals surface area contributed by atoms with Crippen molar-refractivity contribution in [3.63, 3.8) is 0 Å². The molecule has 0 atom stereocenters. The molecule has 0 saturated carbocycles. The SMILES string of the molecule is Cc1ccccc1.O=[S+]/C=C/CCc1ccccc1. The summed E-state index contributed by atoms with van der Waals surface area (Å²) in [6.45, 7) is 2.08. The molecule has 0 radical (unpaired) electrons. The van der Waals surface area contributed by atoms with Gasteiger partial charge >= 0.3 is 11.7 Å².